The molecule has 1 N–H and O–H groups in total. The lowest BCUT2D eigenvalue weighted by atomic mass is 9.41. The SMILES string of the molecule is CC(=O)CCC(C)C1CCC2C3C(CCC12C)C1(C)CCC(O)CC1CC3(C)F. The van der Waals surface area contributed by atoms with Crippen molar-refractivity contribution in [3.05, 3.63) is 0 Å². The van der Waals surface area contributed by atoms with Gasteiger partial charge in [-0.05, 0) is 118 Å². The van der Waals surface area contributed by atoms with Gasteiger partial charge < -0.3 is 9.90 Å². The number of alkyl halides is 1. The Bertz CT molecular complexity index is 645. The fourth-order valence-electron chi connectivity index (χ4n) is 9.15. The molecule has 0 saturated heterocycles. The Kier molecular flexibility index (Phi) is 5.49. The summed E-state index contributed by atoms with van der Waals surface area (Å²) in [5, 5.41) is 10.3. The number of hydrogen-bond donors (Lipinski definition) is 1. The third-order valence-corrected chi connectivity index (χ3v) is 10.7. The second kappa shape index (κ2) is 7.31. The summed E-state index contributed by atoms with van der Waals surface area (Å²) >= 11 is 0. The second-order valence-electron chi connectivity index (χ2n) is 12.3. The van der Waals surface area contributed by atoms with E-state index in [1.807, 2.05) is 6.92 Å². The first-order chi connectivity index (χ1) is 13.5. The monoisotopic (exact) mass is 406 g/mol. The van der Waals surface area contributed by atoms with Crippen LogP contribution >= 0.6 is 0 Å². The Hall–Kier alpha value is -0.440. The van der Waals surface area contributed by atoms with E-state index in [1.165, 1.54) is 12.8 Å². The van der Waals surface area contributed by atoms with E-state index in [0.29, 0.717) is 48.2 Å². The van der Waals surface area contributed by atoms with Crippen LogP contribution in [0.5, 0.6) is 0 Å². The minimum Gasteiger partial charge on any atom is -0.393 e. The van der Waals surface area contributed by atoms with Gasteiger partial charge in [-0.15, -0.1) is 0 Å². The molecule has 0 heterocycles. The first kappa shape index (κ1) is 21.8. The molecule has 0 aromatic heterocycles. The molecule has 3 heteroatoms. The summed E-state index contributed by atoms with van der Waals surface area (Å²) in [4.78, 5) is 11.5. The molecular weight excluding hydrogens is 363 g/mol. The van der Waals surface area contributed by atoms with Gasteiger partial charge in [0.15, 0.2) is 0 Å². The zero-order chi connectivity index (χ0) is 21.2. The lowest BCUT2D eigenvalue weighted by Gasteiger charge is -2.64. The molecule has 4 aliphatic rings. The lowest BCUT2D eigenvalue weighted by molar-refractivity contribution is -0.188. The average molecular weight is 407 g/mol. The van der Waals surface area contributed by atoms with Crippen molar-refractivity contribution in [2.24, 2.45) is 46.3 Å². The van der Waals surface area contributed by atoms with Crippen LogP contribution in [0, 0.1) is 46.3 Å². The van der Waals surface area contributed by atoms with Gasteiger partial charge in [0.05, 0.1) is 6.10 Å². The van der Waals surface area contributed by atoms with Gasteiger partial charge in [-0.2, -0.15) is 0 Å². The Morgan fingerprint density at radius 2 is 1.72 bits per heavy atom. The third-order valence-electron chi connectivity index (χ3n) is 10.7. The zero-order valence-corrected chi connectivity index (χ0v) is 19.3. The molecule has 166 valence electrons. The Morgan fingerprint density at radius 1 is 1.07 bits per heavy atom. The zero-order valence-electron chi connectivity index (χ0n) is 19.3. The molecular formula is C26H43FO2. The molecule has 2 nitrogen and oxygen atoms in total. The fourth-order valence-corrected chi connectivity index (χ4v) is 9.15. The van der Waals surface area contributed by atoms with E-state index < -0.39 is 5.67 Å². The minimum absolute atomic E-state index is 0.169. The van der Waals surface area contributed by atoms with Crippen molar-refractivity contribution >= 4 is 5.78 Å². The molecule has 10 atom stereocenters. The van der Waals surface area contributed by atoms with E-state index in [4.69, 9.17) is 0 Å². The maximum atomic E-state index is 16.3. The second-order valence-corrected chi connectivity index (χ2v) is 12.3. The van der Waals surface area contributed by atoms with Gasteiger partial charge in [-0.3, -0.25) is 0 Å². The van der Waals surface area contributed by atoms with Crippen LogP contribution in [0.4, 0.5) is 4.39 Å². The smallest absolute Gasteiger partial charge is 0.129 e. The standard InChI is InChI=1S/C26H43FO2/c1-16(6-7-17(2)28)20-8-9-21-23-22(11-13-25(20,21)4)24(3)12-10-19(29)14-18(24)15-26(23,5)27/h16,18-23,29H,6-15H2,1-5H3. The molecule has 4 saturated carbocycles. The molecule has 0 radical (unpaired) electrons. The minimum atomic E-state index is -1.12. The summed E-state index contributed by atoms with van der Waals surface area (Å²) < 4.78 is 16.3. The third kappa shape index (κ3) is 3.42. The van der Waals surface area contributed by atoms with Gasteiger partial charge >= 0.3 is 0 Å². The van der Waals surface area contributed by atoms with Gasteiger partial charge in [-0.25, -0.2) is 4.39 Å². The van der Waals surface area contributed by atoms with Crippen molar-refractivity contribution in [3.8, 4) is 0 Å². The van der Waals surface area contributed by atoms with Crippen LogP contribution in [0.2, 0.25) is 0 Å². The van der Waals surface area contributed by atoms with Crippen molar-refractivity contribution in [3.63, 3.8) is 0 Å². The van der Waals surface area contributed by atoms with Gasteiger partial charge in [-0.1, -0.05) is 20.8 Å². The number of ketones is 1. The fraction of sp³-hybridized carbons (Fsp3) is 0.962. The van der Waals surface area contributed by atoms with Gasteiger partial charge in [0.2, 0.25) is 0 Å². The maximum Gasteiger partial charge on any atom is 0.129 e. The van der Waals surface area contributed by atoms with E-state index in [2.05, 4.69) is 20.8 Å². The topological polar surface area (TPSA) is 37.3 Å². The van der Waals surface area contributed by atoms with Gasteiger partial charge in [0, 0.05) is 6.42 Å². The molecule has 0 amide bonds. The Morgan fingerprint density at radius 3 is 2.41 bits per heavy atom. The summed E-state index contributed by atoms with van der Waals surface area (Å²) in [6.07, 6.45) is 9.58. The van der Waals surface area contributed by atoms with E-state index in [0.717, 1.165) is 38.5 Å². The van der Waals surface area contributed by atoms with Crippen molar-refractivity contribution in [1.29, 1.82) is 0 Å². The van der Waals surface area contributed by atoms with E-state index in [1.54, 1.807) is 6.92 Å². The van der Waals surface area contributed by atoms with Crippen LogP contribution < -0.4 is 0 Å². The molecule has 0 aromatic rings. The predicted octanol–water partition coefficient (Wildman–Crippen LogP) is 6.35. The number of aliphatic hydroxyl groups excluding tert-OH is 1. The van der Waals surface area contributed by atoms with Crippen LogP contribution in [-0.4, -0.2) is 22.7 Å². The van der Waals surface area contributed by atoms with Crippen LogP contribution in [0.15, 0.2) is 0 Å². The number of halogens is 1. The predicted molar refractivity (Wildman–Crippen MR) is 115 cm³/mol. The van der Waals surface area contributed by atoms with Gasteiger partial charge in [0.25, 0.3) is 0 Å². The van der Waals surface area contributed by atoms with Crippen molar-refractivity contribution in [1.82, 2.24) is 0 Å². The summed E-state index contributed by atoms with van der Waals surface area (Å²) in [5.41, 5.74) is -0.687. The van der Waals surface area contributed by atoms with Crippen LogP contribution in [0.1, 0.15) is 98.8 Å². The molecule has 0 bridgehead atoms. The van der Waals surface area contributed by atoms with Gasteiger partial charge in [0.1, 0.15) is 11.5 Å². The normalized spacial score (nSPS) is 52.9. The molecule has 10 unspecified atom stereocenters. The molecule has 29 heavy (non-hydrogen) atoms. The van der Waals surface area contributed by atoms with Crippen molar-refractivity contribution < 1.29 is 14.3 Å². The lowest BCUT2D eigenvalue weighted by Crippen LogP contribution is -2.61. The molecule has 4 rings (SSSR count). The number of carbonyl (C=O) groups excluding carboxylic acids is 1. The van der Waals surface area contributed by atoms with Crippen LogP contribution in [0.25, 0.3) is 0 Å². The number of carbonyl (C=O) groups is 1. The highest BCUT2D eigenvalue weighted by molar-refractivity contribution is 5.75. The molecule has 0 aromatic carbocycles. The van der Waals surface area contributed by atoms with E-state index >= 15 is 4.39 Å². The first-order valence-corrected chi connectivity index (χ1v) is 12.4. The van der Waals surface area contributed by atoms with E-state index in [9.17, 15) is 9.90 Å². The molecule has 0 spiro atoms. The summed E-state index contributed by atoms with van der Waals surface area (Å²) in [6, 6.07) is 0. The van der Waals surface area contributed by atoms with Crippen molar-refractivity contribution in [2.45, 2.75) is 111 Å². The van der Waals surface area contributed by atoms with E-state index in [-0.39, 0.29) is 22.9 Å². The number of fused-ring (bicyclic) bond motifs is 5. The summed E-state index contributed by atoms with van der Waals surface area (Å²) in [6.45, 7) is 10.8. The first-order valence-electron chi connectivity index (χ1n) is 12.4. The summed E-state index contributed by atoms with van der Waals surface area (Å²) in [5.74, 6) is 2.91. The largest absolute Gasteiger partial charge is 0.393 e. The van der Waals surface area contributed by atoms with Crippen LogP contribution in [0.3, 0.4) is 0 Å². The summed E-state index contributed by atoms with van der Waals surface area (Å²) in [7, 11) is 0. The molecule has 4 fully saturated rings. The highest BCUT2D eigenvalue weighted by atomic mass is 19.1. The highest BCUT2D eigenvalue weighted by Gasteiger charge is 2.66. The average Bonchev–Trinajstić information content (AvgIpc) is 2.98. The highest BCUT2D eigenvalue weighted by Crippen LogP contribution is 2.70. The molecule has 0 aliphatic heterocycles. The number of aliphatic hydroxyl groups is 1. The Labute approximate surface area is 177 Å². The van der Waals surface area contributed by atoms with Crippen LogP contribution in [-0.2, 0) is 4.79 Å². The number of rotatable bonds is 4. The maximum absolute atomic E-state index is 16.3. The van der Waals surface area contributed by atoms with Crippen molar-refractivity contribution in [2.75, 3.05) is 0 Å². The number of hydrogen-bond acceptors (Lipinski definition) is 2. The molecule has 4 aliphatic carbocycles. The number of Topliss-reactive ketones (excluding diaryl/α,β-unsaturated/α-hetero) is 1. The Balaban J connectivity index is 1.60. The quantitative estimate of drug-likeness (QED) is 0.590.